The van der Waals surface area contributed by atoms with Gasteiger partial charge in [0, 0.05) is 18.7 Å². The van der Waals surface area contributed by atoms with Gasteiger partial charge >= 0.3 is 6.01 Å². The lowest BCUT2D eigenvalue weighted by molar-refractivity contribution is 0.355. The zero-order valence-electron chi connectivity index (χ0n) is 14.2. The molecule has 2 heterocycles. The van der Waals surface area contributed by atoms with Gasteiger partial charge in [-0.3, -0.25) is 0 Å². The Hall–Kier alpha value is -3.02. The first kappa shape index (κ1) is 15.5. The van der Waals surface area contributed by atoms with Gasteiger partial charge in [-0.1, -0.05) is 29.4 Å². The number of benzene rings is 2. The van der Waals surface area contributed by atoms with Gasteiger partial charge in [-0.05, 0) is 35.7 Å². The summed E-state index contributed by atoms with van der Waals surface area (Å²) < 4.78 is 16.1. The molecular formula is C19H19N3O3. The summed E-state index contributed by atoms with van der Waals surface area (Å²) in [5, 5.41) is 4.12. The smallest absolute Gasteiger partial charge is 0.324 e. The highest BCUT2D eigenvalue weighted by atomic mass is 16.5. The third kappa shape index (κ3) is 2.91. The Kier molecular flexibility index (Phi) is 4.01. The summed E-state index contributed by atoms with van der Waals surface area (Å²) in [6.07, 6.45) is 0.976. The minimum atomic E-state index is 0.537. The number of nitrogens with zero attached hydrogens (tertiary/aromatic N) is 3. The standard InChI is InChI=1S/C19H19N3O3/c1-23-16-8-7-14(11-17(16)24-2)18-20-19(25-21-18)22-10-9-13-5-3-4-6-15(13)12-22/h3-8,11H,9-10,12H2,1-2H3. The monoisotopic (exact) mass is 337 g/mol. The van der Waals surface area contributed by atoms with Gasteiger partial charge in [0.2, 0.25) is 5.82 Å². The van der Waals surface area contributed by atoms with Gasteiger partial charge in [0.15, 0.2) is 11.5 Å². The minimum Gasteiger partial charge on any atom is -0.493 e. The van der Waals surface area contributed by atoms with E-state index in [-0.39, 0.29) is 0 Å². The summed E-state index contributed by atoms with van der Waals surface area (Å²) in [6.45, 7) is 1.65. The van der Waals surface area contributed by atoms with Crippen molar-refractivity contribution in [2.75, 3.05) is 25.7 Å². The summed E-state index contributed by atoms with van der Waals surface area (Å²) in [7, 11) is 3.21. The third-order valence-corrected chi connectivity index (χ3v) is 4.46. The fourth-order valence-electron chi connectivity index (χ4n) is 3.10. The first-order valence-electron chi connectivity index (χ1n) is 8.16. The maximum Gasteiger partial charge on any atom is 0.324 e. The van der Waals surface area contributed by atoms with E-state index < -0.39 is 0 Å². The normalized spacial score (nSPS) is 13.4. The van der Waals surface area contributed by atoms with Crippen LogP contribution in [0.3, 0.4) is 0 Å². The Labute approximate surface area is 146 Å². The fourth-order valence-corrected chi connectivity index (χ4v) is 3.10. The molecule has 1 aliphatic rings. The minimum absolute atomic E-state index is 0.537. The van der Waals surface area contributed by atoms with E-state index in [1.54, 1.807) is 14.2 Å². The van der Waals surface area contributed by atoms with E-state index in [1.165, 1.54) is 11.1 Å². The van der Waals surface area contributed by atoms with Crippen molar-refractivity contribution in [2.24, 2.45) is 0 Å². The predicted octanol–water partition coefficient (Wildman–Crippen LogP) is 3.32. The average Bonchev–Trinajstić information content (AvgIpc) is 3.17. The molecule has 0 saturated heterocycles. The highest BCUT2D eigenvalue weighted by Crippen LogP contribution is 2.32. The van der Waals surface area contributed by atoms with Gasteiger partial charge < -0.3 is 18.9 Å². The second-order valence-corrected chi connectivity index (χ2v) is 5.91. The Morgan fingerprint density at radius 3 is 2.60 bits per heavy atom. The number of aromatic nitrogens is 2. The quantitative estimate of drug-likeness (QED) is 0.728. The van der Waals surface area contributed by atoms with Gasteiger partial charge in [0.05, 0.1) is 14.2 Å². The summed E-state index contributed by atoms with van der Waals surface area (Å²) in [5.74, 6) is 1.84. The topological polar surface area (TPSA) is 60.6 Å². The van der Waals surface area contributed by atoms with E-state index >= 15 is 0 Å². The molecule has 6 heteroatoms. The van der Waals surface area contributed by atoms with Gasteiger partial charge in [-0.15, -0.1) is 0 Å². The molecule has 0 atom stereocenters. The lowest BCUT2D eigenvalue weighted by Gasteiger charge is -2.26. The zero-order valence-corrected chi connectivity index (χ0v) is 14.2. The summed E-state index contributed by atoms with van der Waals surface area (Å²) in [6, 6.07) is 14.6. The van der Waals surface area contributed by atoms with Crippen molar-refractivity contribution in [1.82, 2.24) is 10.1 Å². The molecule has 6 nitrogen and oxygen atoms in total. The first-order valence-corrected chi connectivity index (χ1v) is 8.16. The van der Waals surface area contributed by atoms with Crippen molar-refractivity contribution in [2.45, 2.75) is 13.0 Å². The molecule has 0 bridgehead atoms. The van der Waals surface area contributed by atoms with Crippen molar-refractivity contribution < 1.29 is 14.0 Å². The molecule has 1 aromatic heterocycles. The van der Waals surface area contributed by atoms with Crippen molar-refractivity contribution in [3.63, 3.8) is 0 Å². The number of ether oxygens (including phenoxy) is 2. The lowest BCUT2D eigenvalue weighted by Crippen LogP contribution is -2.30. The van der Waals surface area contributed by atoms with Gasteiger partial charge in [-0.25, -0.2) is 0 Å². The summed E-state index contributed by atoms with van der Waals surface area (Å²) in [5.41, 5.74) is 3.52. The van der Waals surface area contributed by atoms with E-state index in [4.69, 9.17) is 14.0 Å². The van der Waals surface area contributed by atoms with Crippen molar-refractivity contribution >= 4 is 6.01 Å². The Bertz CT molecular complexity index is 891. The number of rotatable bonds is 4. The SMILES string of the molecule is COc1ccc(-c2noc(N3CCc4ccccc4C3)n2)cc1OC. The first-order chi connectivity index (χ1) is 12.3. The Balaban J connectivity index is 1.59. The van der Waals surface area contributed by atoms with E-state index in [9.17, 15) is 0 Å². The lowest BCUT2D eigenvalue weighted by atomic mass is 10.0. The van der Waals surface area contributed by atoms with Crippen LogP contribution in [0.5, 0.6) is 11.5 Å². The Morgan fingerprint density at radius 2 is 1.80 bits per heavy atom. The summed E-state index contributed by atoms with van der Waals surface area (Å²) >= 11 is 0. The molecule has 0 amide bonds. The molecule has 1 aliphatic heterocycles. The predicted molar refractivity (Wildman–Crippen MR) is 94.0 cm³/mol. The molecule has 0 unspecified atom stereocenters. The molecule has 3 aromatic rings. The number of methoxy groups -OCH3 is 2. The van der Waals surface area contributed by atoms with Gasteiger partial charge in [-0.2, -0.15) is 4.98 Å². The maximum absolute atomic E-state index is 5.50. The van der Waals surface area contributed by atoms with Crippen LogP contribution >= 0.6 is 0 Å². The molecule has 0 fully saturated rings. The van der Waals surface area contributed by atoms with Crippen LogP contribution in [-0.2, 0) is 13.0 Å². The fraction of sp³-hybridized carbons (Fsp3) is 0.263. The number of anilines is 1. The van der Waals surface area contributed by atoms with Crippen molar-refractivity contribution in [3.8, 4) is 22.9 Å². The Morgan fingerprint density at radius 1 is 1.00 bits per heavy atom. The molecule has 25 heavy (non-hydrogen) atoms. The van der Waals surface area contributed by atoms with Crippen LogP contribution < -0.4 is 14.4 Å². The molecule has 0 aliphatic carbocycles. The average molecular weight is 337 g/mol. The number of fused-ring (bicyclic) bond motifs is 1. The van der Waals surface area contributed by atoms with E-state index in [2.05, 4.69) is 39.3 Å². The number of hydrogen-bond acceptors (Lipinski definition) is 6. The van der Waals surface area contributed by atoms with E-state index in [0.29, 0.717) is 23.3 Å². The molecule has 0 radical (unpaired) electrons. The molecule has 0 N–H and O–H groups in total. The highest BCUT2D eigenvalue weighted by molar-refractivity contribution is 5.61. The second kappa shape index (κ2) is 6.47. The van der Waals surface area contributed by atoms with Gasteiger partial charge in [0.25, 0.3) is 0 Å². The van der Waals surface area contributed by atoms with Crippen LogP contribution in [-0.4, -0.2) is 30.9 Å². The maximum atomic E-state index is 5.50. The van der Waals surface area contributed by atoms with Crippen molar-refractivity contribution in [3.05, 3.63) is 53.6 Å². The van der Waals surface area contributed by atoms with Crippen LogP contribution in [0.15, 0.2) is 47.0 Å². The van der Waals surface area contributed by atoms with Crippen LogP contribution in [0.4, 0.5) is 6.01 Å². The molecular weight excluding hydrogens is 318 g/mol. The van der Waals surface area contributed by atoms with Crippen LogP contribution in [0.1, 0.15) is 11.1 Å². The van der Waals surface area contributed by atoms with Gasteiger partial charge in [0.1, 0.15) is 0 Å². The molecule has 0 spiro atoms. The number of hydrogen-bond donors (Lipinski definition) is 0. The largest absolute Gasteiger partial charge is 0.493 e. The van der Waals surface area contributed by atoms with Crippen LogP contribution in [0.25, 0.3) is 11.4 Å². The summed E-state index contributed by atoms with van der Waals surface area (Å²) in [4.78, 5) is 6.67. The van der Waals surface area contributed by atoms with Crippen LogP contribution in [0, 0.1) is 0 Å². The second-order valence-electron chi connectivity index (χ2n) is 5.91. The molecule has 128 valence electrons. The van der Waals surface area contributed by atoms with E-state index in [0.717, 1.165) is 25.1 Å². The third-order valence-electron chi connectivity index (χ3n) is 4.46. The van der Waals surface area contributed by atoms with Crippen molar-refractivity contribution in [1.29, 1.82) is 0 Å². The van der Waals surface area contributed by atoms with Crippen LogP contribution in [0.2, 0.25) is 0 Å². The van der Waals surface area contributed by atoms with E-state index in [1.807, 2.05) is 18.2 Å². The highest BCUT2D eigenvalue weighted by Gasteiger charge is 2.21. The molecule has 4 rings (SSSR count). The molecule has 2 aromatic carbocycles. The molecule has 0 saturated carbocycles. The zero-order chi connectivity index (χ0) is 17.2.